The molecule has 1 aromatic heterocycles. The third kappa shape index (κ3) is 3.96. The molecule has 0 unspecified atom stereocenters. The average Bonchev–Trinajstić information content (AvgIpc) is 2.48. The molecule has 0 bridgehead atoms. The van der Waals surface area contributed by atoms with E-state index in [-0.39, 0.29) is 23.0 Å². The van der Waals surface area contributed by atoms with Crippen LogP contribution in [0.5, 0.6) is 0 Å². The fourth-order valence-electron chi connectivity index (χ4n) is 1.58. The minimum Gasteiger partial charge on any atom is -0.320 e. The van der Waals surface area contributed by atoms with Gasteiger partial charge in [-0.2, -0.15) is 0 Å². The number of carbonyl (C=O) groups is 1. The van der Waals surface area contributed by atoms with Gasteiger partial charge in [-0.25, -0.2) is 4.98 Å². The maximum absolute atomic E-state index is 12.2. The first-order valence-electron chi connectivity index (χ1n) is 6.03. The zero-order chi connectivity index (χ0) is 15.2. The Kier molecular flexibility index (Phi) is 5.18. The number of pyridine rings is 1. The third-order valence-electron chi connectivity index (χ3n) is 2.51. The van der Waals surface area contributed by atoms with Gasteiger partial charge in [0.15, 0.2) is 0 Å². The highest BCUT2D eigenvalue weighted by Gasteiger charge is 2.13. The van der Waals surface area contributed by atoms with Crippen LogP contribution in [0.15, 0.2) is 36.4 Å². The normalized spacial score (nSPS) is 9.67. The highest BCUT2D eigenvalue weighted by Crippen LogP contribution is 2.26. The van der Waals surface area contributed by atoms with E-state index in [0.29, 0.717) is 16.5 Å². The molecule has 1 amide bonds. The molecule has 21 heavy (non-hydrogen) atoms. The number of nitrogens with two attached hydrogens (primary N) is 1. The Bertz CT molecular complexity index is 735. The second kappa shape index (κ2) is 7.09. The van der Waals surface area contributed by atoms with Crippen molar-refractivity contribution in [1.29, 1.82) is 0 Å². The Balaban J connectivity index is 2.22. The fraction of sp³-hybridized carbons (Fsp3) is 0.0667. The molecule has 0 aliphatic heterocycles. The minimum atomic E-state index is -0.390. The fourth-order valence-corrected chi connectivity index (χ4v) is 1.96. The molecule has 0 saturated heterocycles. The van der Waals surface area contributed by atoms with Gasteiger partial charge in [-0.1, -0.05) is 41.3 Å². The highest BCUT2D eigenvalue weighted by atomic mass is 35.5. The van der Waals surface area contributed by atoms with E-state index in [0.717, 1.165) is 0 Å². The smallest absolute Gasteiger partial charge is 0.258 e. The van der Waals surface area contributed by atoms with Gasteiger partial charge in [0.25, 0.3) is 5.91 Å². The third-order valence-corrected chi connectivity index (χ3v) is 3.32. The van der Waals surface area contributed by atoms with E-state index in [1.165, 1.54) is 0 Å². The Hall–Kier alpha value is -2.06. The van der Waals surface area contributed by atoms with Crippen LogP contribution in [0.2, 0.25) is 10.0 Å². The van der Waals surface area contributed by atoms with E-state index in [9.17, 15) is 4.79 Å². The minimum absolute atomic E-state index is 0.204. The van der Waals surface area contributed by atoms with Crippen LogP contribution < -0.4 is 11.1 Å². The maximum atomic E-state index is 12.2. The van der Waals surface area contributed by atoms with Crippen molar-refractivity contribution in [3.05, 3.63) is 57.7 Å². The number of hydrogen-bond donors (Lipinski definition) is 2. The Morgan fingerprint density at radius 2 is 2.00 bits per heavy atom. The molecule has 106 valence electrons. The Morgan fingerprint density at radius 1 is 1.24 bits per heavy atom. The Morgan fingerprint density at radius 3 is 2.76 bits per heavy atom. The van der Waals surface area contributed by atoms with Crippen LogP contribution in [0.3, 0.4) is 0 Å². The number of nitrogens with one attached hydrogen (secondary N) is 1. The van der Waals surface area contributed by atoms with Crippen LogP contribution in [-0.2, 0) is 0 Å². The summed E-state index contributed by atoms with van der Waals surface area (Å²) in [4.78, 5) is 16.4. The summed E-state index contributed by atoms with van der Waals surface area (Å²) in [6.45, 7) is 0.246. The number of amides is 1. The topological polar surface area (TPSA) is 68.0 Å². The van der Waals surface area contributed by atoms with Crippen molar-refractivity contribution in [2.45, 2.75) is 0 Å². The van der Waals surface area contributed by atoms with Gasteiger partial charge < -0.3 is 11.1 Å². The number of halogens is 2. The summed E-state index contributed by atoms with van der Waals surface area (Å²) in [6, 6.07) is 9.97. The van der Waals surface area contributed by atoms with Crippen molar-refractivity contribution in [3.8, 4) is 11.8 Å². The largest absolute Gasteiger partial charge is 0.320 e. The van der Waals surface area contributed by atoms with E-state index >= 15 is 0 Å². The number of aromatic nitrogens is 1. The number of rotatable bonds is 2. The zero-order valence-electron chi connectivity index (χ0n) is 10.9. The van der Waals surface area contributed by atoms with Gasteiger partial charge in [0.2, 0.25) is 0 Å². The summed E-state index contributed by atoms with van der Waals surface area (Å²) in [6.07, 6.45) is 0. The lowest BCUT2D eigenvalue weighted by atomic mass is 10.2. The van der Waals surface area contributed by atoms with Crippen molar-refractivity contribution in [1.82, 2.24) is 4.98 Å². The van der Waals surface area contributed by atoms with Gasteiger partial charge in [0, 0.05) is 0 Å². The number of nitrogens with zero attached hydrogens (tertiary/aromatic N) is 1. The summed E-state index contributed by atoms with van der Waals surface area (Å²) in [5.41, 5.74) is 6.11. The molecular weight excluding hydrogens is 309 g/mol. The van der Waals surface area contributed by atoms with Crippen molar-refractivity contribution in [2.75, 3.05) is 11.9 Å². The van der Waals surface area contributed by atoms with Crippen molar-refractivity contribution in [3.63, 3.8) is 0 Å². The van der Waals surface area contributed by atoms with Crippen LogP contribution in [0.25, 0.3) is 0 Å². The molecule has 0 spiro atoms. The molecule has 0 fully saturated rings. The summed E-state index contributed by atoms with van der Waals surface area (Å²) < 4.78 is 0. The lowest BCUT2D eigenvalue weighted by molar-refractivity contribution is 0.102. The monoisotopic (exact) mass is 319 g/mol. The van der Waals surface area contributed by atoms with Gasteiger partial charge in [0.1, 0.15) is 11.5 Å². The lowest BCUT2D eigenvalue weighted by Crippen LogP contribution is -2.13. The van der Waals surface area contributed by atoms with Crippen molar-refractivity contribution >= 4 is 34.9 Å². The highest BCUT2D eigenvalue weighted by molar-refractivity contribution is 6.44. The molecule has 2 aromatic rings. The predicted octanol–water partition coefficient (Wildman–Crippen LogP) is 2.95. The van der Waals surface area contributed by atoms with Crippen LogP contribution in [-0.4, -0.2) is 17.4 Å². The molecule has 4 nitrogen and oxygen atoms in total. The van der Waals surface area contributed by atoms with Crippen LogP contribution in [0, 0.1) is 11.8 Å². The van der Waals surface area contributed by atoms with Crippen molar-refractivity contribution < 1.29 is 4.79 Å². The quantitative estimate of drug-likeness (QED) is 0.836. The predicted molar refractivity (Wildman–Crippen MR) is 84.6 cm³/mol. The van der Waals surface area contributed by atoms with Gasteiger partial charge in [-0.05, 0) is 30.2 Å². The standard InChI is InChI=1S/C15H11Cl2N3O/c16-12-7-2-6-11(14(12)17)15(21)20-13-8-1-4-10(19-13)5-3-9-18/h1-2,4,6-8H,9,18H2,(H,19,20,21). The number of hydrogen-bond acceptors (Lipinski definition) is 3. The first kappa shape index (κ1) is 15.3. The van der Waals surface area contributed by atoms with Crippen LogP contribution >= 0.6 is 23.2 Å². The van der Waals surface area contributed by atoms with E-state index in [1.807, 2.05) is 0 Å². The van der Waals surface area contributed by atoms with Gasteiger partial charge in [0.05, 0.1) is 22.2 Å². The molecule has 0 atom stereocenters. The second-order valence-corrected chi connectivity index (χ2v) is 4.75. The van der Waals surface area contributed by atoms with Crippen LogP contribution in [0.4, 0.5) is 5.82 Å². The zero-order valence-corrected chi connectivity index (χ0v) is 12.4. The summed E-state index contributed by atoms with van der Waals surface area (Å²) in [5.74, 6) is 5.48. The first-order chi connectivity index (χ1) is 10.1. The van der Waals surface area contributed by atoms with Gasteiger partial charge in [-0.15, -0.1) is 0 Å². The molecule has 0 saturated carbocycles. The molecule has 6 heteroatoms. The molecule has 1 heterocycles. The lowest BCUT2D eigenvalue weighted by Gasteiger charge is -2.07. The molecule has 3 N–H and O–H groups in total. The van der Waals surface area contributed by atoms with E-state index < -0.39 is 0 Å². The SMILES string of the molecule is NCC#Cc1cccc(NC(=O)c2cccc(Cl)c2Cl)n1. The van der Waals surface area contributed by atoms with E-state index in [2.05, 4.69) is 22.1 Å². The summed E-state index contributed by atoms with van der Waals surface area (Å²) in [7, 11) is 0. The van der Waals surface area contributed by atoms with Crippen molar-refractivity contribution in [2.24, 2.45) is 5.73 Å². The Labute approximate surface area is 132 Å². The van der Waals surface area contributed by atoms with Gasteiger partial charge in [-0.3, -0.25) is 4.79 Å². The number of carbonyl (C=O) groups excluding carboxylic acids is 1. The second-order valence-electron chi connectivity index (χ2n) is 3.97. The molecule has 1 aromatic carbocycles. The summed E-state index contributed by atoms with van der Waals surface area (Å²) >= 11 is 11.9. The van der Waals surface area contributed by atoms with Gasteiger partial charge >= 0.3 is 0 Å². The van der Waals surface area contributed by atoms with Crippen LogP contribution in [0.1, 0.15) is 16.1 Å². The average molecular weight is 320 g/mol. The van der Waals surface area contributed by atoms with E-state index in [1.54, 1.807) is 36.4 Å². The number of anilines is 1. The molecule has 0 aliphatic rings. The molecule has 0 radical (unpaired) electrons. The molecule has 0 aliphatic carbocycles. The summed E-state index contributed by atoms with van der Waals surface area (Å²) in [5, 5.41) is 3.17. The molecule has 2 rings (SSSR count). The first-order valence-corrected chi connectivity index (χ1v) is 6.79. The number of benzene rings is 1. The van der Waals surface area contributed by atoms with E-state index in [4.69, 9.17) is 28.9 Å². The maximum Gasteiger partial charge on any atom is 0.258 e. The molecular formula is C15H11Cl2N3O.